The predicted molar refractivity (Wildman–Crippen MR) is 87.6 cm³/mol. The van der Waals surface area contributed by atoms with Crippen molar-refractivity contribution in [2.24, 2.45) is 0 Å². The van der Waals surface area contributed by atoms with E-state index in [1.807, 2.05) is 36.4 Å². The standard InChI is InChI=1S/C16H12ClNO2S/c17-15-8-5-10(21-15)9-18-14-7-6-13(16(19)20)11-3-1-2-4-12(11)14/h1-8,18H,9H2,(H,19,20). The number of hydrogen-bond donors (Lipinski definition) is 2. The molecule has 0 saturated carbocycles. The summed E-state index contributed by atoms with van der Waals surface area (Å²) in [5, 5.41) is 14.2. The molecule has 3 nitrogen and oxygen atoms in total. The monoisotopic (exact) mass is 317 g/mol. The molecule has 5 heteroatoms. The highest BCUT2D eigenvalue weighted by molar-refractivity contribution is 7.16. The fourth-order valence-electron chi connectivity index (χ4n) is 2.27. The van der Waals surface area contributed by atoms with Gasteiger partial charge in [0.2, 0.25) is 0 Å². The number of nitrogens with one attached hydrogen (secondary N) is 1. The number of carboxylic acid groups (broad SMARTS) is 1. The lowest BCUT2D eigenvalue weighted by molar-refractivity contribution is 0.0699. The maximum Gasteiger partial charge on any atom is 0.336 e. The third kappa shape index (κ3) is 2.86. The van der Waals surface area contributed by atoms with Gasteiger partial charge < -0.3 is 10.4 Å². The summed E-state index contributed by atoms with van der Waals surface area (Å²) in [5.74, 6) is -0.914. The van der Waals surface area contributed by atoms with Crippen LogP contribution in [0.4, 0.5) is 5.69 Å². The molecule has 0 radical (unpaired) electrons. The minimum Gasteiger partial charge on any atom is -0.478 e. The third-order valence-corrected chi connectivity index (χ3v) is 4.47. The summed E-state index contributed by atoms with van der Waals surface area (Å²) in [4.78, 5) is 12.4. The summed E-state index contributed by atoms with van der Waals surface area (Å²) >= 11 is 7.45. The Kier molecular flexibility index (Phi) is 3.82. The van der Waals surface area contributed by atoms with Gasteiger partial charge in [-0.3, -0.25) is 0 Å². The number of halogens is 1. The van der Waals surface area contributed by atoms with Gasteiger partial charge in [0.1, 0.15) is 0 Å². The summed E-state index contributed by atoms with van der Waals surface area (Å²) in [6, 6.07) is 14.8. The number of rotatable bonds is 4. The highest BCUT2D eigenvalue weighted by Crippen LogP contribution is 2.28. The zero-order valence-corrected chi connectivity index (χ0v) is 12.5. The maximum atomic E-state index is 11.3. The average Bonchev–Trinajstić information content (AvgIpc) is 2.90. The first-order chi connectivity index (χ1) is 10.1. The second-order valence-corrected chi connectivity index (χ2v) is 6.37. The minimum absolute atomic E-state index is 0.315. The van der Waals surface area contributed by atoms with Gasteiger partial charge in [0, 0.05) is 22.5 Å². The second-order valence-electron chi connectivity index (χ2n) is 4.57. The molecule has 0 spiro atoms. The van der Waals surface area contributed by atoms with Crippen LogP contribution in [0.25, 0.3) is 10.8 Å². The summed E-state index contributed by atoms with van der Waals surface area (Å²) in [7, 11) is 0. The zero-order chi connectivity index (χ0) is 14.8. The van der Waals surface area contributed by atoms with E-state index in [4.69, 9.17) is 11.6 Å². The van der Waals surface area contributed by atoms with Crippen molar-refractivity contribution in [2.75, 3.05) is 5.32 Å². The molecule has 0 aliphatic carbocycles. The molecule has 0 unspecified atom stereocenters. The molecule has 1 heterocycles. The third-order valence-electron chi connectivity index (χ3n) is 3.24. The minimum atomic E-state index is -0.914. The van der Waals surface area contributed by atoms with Gasteiger partial charge in [0.25, 0.3) is 0 Å². The van der Waals surface area contributed by atoms with Crippen LogP contribution in [0.5, 0.6) is 0 Å². The molecule has 0 aliphatic rings. The molecule has 0 fully saturated rings. The lowest BCUT2D eigenvalue weighted by atomic mass is 10.0. The largest absolute Gasteiger partial charge is 0.478 e. The van der Waals surface area contributed by atoms with Gasteiger partial charge in [-0.1, -0.05) is 35.9 Å². The number of hydrogen-bond acceptors (Lipinski definition) is 3. The molecule has 3 rings (SSSR count). The van der Waals surface area contributed by atoms with Gasteiger partial charge in [-0.2, -0.15) is 0 Å². The molecule has 3 aromatic rings. The lowest BCUT2D eigenvalue weighted by Crippen LogP contribution is -2.02. The van der Waals surface area contributed by atoms with Gasteiger partial charge in [-0.05, 0) is 29.7 Å². The van der Waals surface area contributed by atoms with E-state index in [9.17, 15) is 9.90 Å². The van der Waals surface area contributed by atoms with Crippen molar-refractivity contribution in [3.05, 3.63) is 63.3 Å². The van der Waals surface area contributed by atoms with Gasteiger partial charge >= 0.3 is 5.97 Å². The molecular formula is C16H12ClNO2S. The van der Waals surface area contributed by atoms with Crippen molar-refractivity contribution in [1.82, 2.24) is 0 Å². The number of carboxylic acids is 1. The van der Waals surface area contributed by atoms with Gasteiger partial charge in [0.05, 0.1) is 9.90 Å². The van der Waals surface area contributed by atoms with E-state index in [2.05, 4.69) is 5.32 Å². The van der Waals surface area contributed by atoms with Crippen molar-refractivity contribution in [3.8, 4) is 0 Å². The van der Waals surface area contributed by atoms with Gasteiger partial charge in [-0.25, -0.2) is 4.79 Å². The molecule has 0 aliphatic heterocycles. The Morgan fingerprint density at radius 3 is 2.52 bits per heavy atom. The van der Waals surface area contributed by atoms with Crippen LogP contribution in [0.3, 0.4) is 0 Å². The van der Waals surface area contributed by atoms with Crippen LogP contribution in [0.1, 0.15) is 15.2 Å². The maximum absolute atomic E-state index is 11.3. The van der Waals surface area contributed by atoms with Crippen molar-refractivity contribution in [2.45, 2.75) is 6.54 Å². The summed E-state index contributed by atoms with van der Waals surface area (Å²) < 4.78 is 0.762. The van der Waals surface area contributed by atoms with E-state index in [1.54, 1.807) is 12.1 Å². The smallest absolute Gasteiger partial charge is 0.336 e. The van der Waals surface area contributed by atoms with E-state index in [1.165, 1.54) is 11.3 Å². The fraction of sp³-hybridized carbons (Fsp3) is 0.0625. The van der Waals surface area contributed by atoms with Crippen LogP contribution in [-0.4, -0.2) is 11.1 Å². The average molecular weight is 318 g/mol. The van der Waals surface area contributed by atoms with Crippen molar-refractivity contribution in [1.29, 1.82) is 0 Å². The first-order valence-electron chi connectivity index (χ1n) is 6.38. The van der Waals surface area contributed by atoms with Crippen molar-refractivity contribution >= 4 is 45.4 Å². The molecule has 0 atom stereocenters. The van der Waals surface area contributed by atoms with E-state index in [-0.39, 0.29) is 0 Å². The Bertz CT molecular complexity index is 813. The van der Waals surface area contributed by atoms with Crippen LogP contribution in [0.2, 0.25) is 4.34 Å². The summed E-state index contributed by atoms with van der Waals surface area (Å²) in [6.07, 6.45) is 0. The fourth-order valence-corrected chi connectivity index (χ4v) is 3.30. The quantitative estimate of drug-likeness (QED) is 0.722. The van der Waals surface area contributed by atoms with Crippen LogP contribution < -0.4 is 5.32 Å². The molecule has 0 amide bonds. The molecule has 1 aromatic heterocycles. The first kappa shape index (κ1) is 13.9. The summed E-state index contributed by atoms with van der Waals surface area (Å²) in [6.45, 7) is 0.661. The number of benzene rings is 2. The Balaban J connectivity index is 1.96. The van der Waals surface area contributed by atoms with Crippen LogP contribution in [0, 0.1) is 0 Å². The topological polar surface area (TPSA) is 49.3 Å². The van der Waals surface area contributed by atoms with Gasteiger partial charge in [0.15, 0.2) is 0 Å². The molecule has 0 bridgehead atoms. The predicted octanol–water partition coefficient (Wildman–Crippen LogP) is 4.87. The number of aromatic carboxylic acids is 1. The first-order valence-corrected chi connectivity index (χ1v) is 7.58. The Labute approximate surface area is 130 Å². The van der Waals surface area contributed by atoms with Gasteiger partial charge in [-0.15, -0.1) is 11.3 Å². The molecular weight excluding hydrogens is 306 g/mol. The Morgan fingerprint density at radius 2 is 1.86 bits per heavy atom. The SMILES string of the molecule is O=C(O)c1ccc(NCc2ccc(Cl)s2)c2ccccc12. The van der Waals surface area contributed by atoms with E-state index in [0.29, 0.717) is 12.1 Å². The normalized spacial score (nSPS) is 10.7. The molecule has 106 valence electrons. The number of fused-ring (bicyclic) bond motifs is 1. The van der Waals surface area contributed by atoms with E-state index < -0.39 is 5.97 Å². The zero-order valence-electron chi connectivity index (χ0n) is 11.0. The Morgan fingerprint density at radius 1 is 1.10 bits per heavy atom. The molecule has 2 N–H and O–H groups in total. The van der Waals surface area contributed by atoms with E-state index in [0.717, 1.165) is 25.7 Å². The number of carbonyl (C=O) groups is 1. The van der Waals surface area contributed by atoms with E-state index >= 15 is 0 Å². The lowest BCUT2D eigenvalue weighted by Gasteiger charge is -2.11. The van der Waals surface area contributed by atoms with Crippen LogP contribution >= 0.6 is 22.9 Å². The molecule has 2 aromatic carbocycles. The molecule has 0 saturated heterocycles. The summed E-state index contributed by atoms with van der Waals surface area (Å²) in [5.41, 5.74) is 1.23. The van der Waals surface area contributed by atoms with Crippen LogP contribution in [0.15, 0.2) is 48.5 Å². The highest BCUT2D eigenvalue weighted by Gasteiger charge is 2.10. The molecule has 21 heavy (non-hydrogen) atoms. The highest BCUT2D eigenvalue weighted by atomic mass is 35.5. The number of anilines is 1. The second kappa shape index (κ2) is 5.76. The van der Waals surface area contributed by atoms with Crippen LogP contribution in [-0.2, 0) is 6.54 Å². The Hall–Kier alpha value is -2.04. The van der Waals surface area contributed by atoms with Crippen molar-refractivity contribution < 1.29 is 9.90 Å². The number of thiophene rings is 1. The van der Waals surface area contributed by atoms with Crippen molar-refractivity contribution in [3.63, 3.8) is 0 Å².